The SMILES string of the molecule is COc1cc2c(Oc3ccc(NC(=O)c4nn(-c5cccc(F)c5)c(=O)n(C)c4=O)cc3F)ccnc2cc1OCCCN1CCCCC1. The zero-order chi connectivity index (χ0) is 34.5. The van der Waals surface area contributed by atoms with E-state index in [1.165, 1.54) is 62.9 Å². The number of nitrogens with zero attached hydrogens (tertiary/aromatic N) is 5. The lowest BCUT2D eigenvalue weighted by molar-refractivity contribution is 0.101. The number of rotatable bonds is 11. The van der Waals surface area contributed by atoms with Gasteiger partial charge in [-0.05, 0) is 74.8 Å². The molecule has 254 valence electrons. The lowest BCUT2D eigenvalue weighted by atomic mass is 10.1. The molecule has 0 radical (unpaired) electrons. The zero-order valence-electron chi connectivity index (χ0n) is 26.9. The molecular weight excluding hydrogens is 638 g/mol. The predicted octanol–water partition coefficient (Wildman–Crippen LogP) is 5.07. The number of methoxy groups -OCH3 is 1. The van der Waals surface area contributed by atoms with Gasteiger partial charge in [-0.25, -0.2) is 13.6 Å². The molecule has 1 N–H and O–H groups in total. The van der Waals surface area contributed by atoms with Gasteiger partial charge >= 0.3 is 5.69 Å². The molecule has 0 unspecified atom stereocenters. The summed E-state index contributed by atoms with van der Waals surface area (Å²) in [7, 11) is 2.70. The monoisotopic (exact) mass is 672 g/mol. The number of amides is 1. The standard InChI is InChI=1S/C35H34F2N6O6/c1-41-34(45)32(40-43(35(41)46)24-9-6-8-22(36)18-24)33(44)39-23-10-11-29(26(37)19-23)49-28-12-13-38-27-21-31(30(47-2)20-25(27)28)48-17-7-16-42-14-4-3-5-15-42/h6,8-13,18-21H,3-5,7,14-17H2,1-2H3,(H,39,44). The summed E-state index contributed by atoms with van der Waals surface area (Å²) < 4.78 is 48.1. The van der Waals surface area contributed by atoms with E-state index in [9.17, 15) is 18.8 Å². The van der Waals surface area contributed by atoms with Gasteiger partial charge in [0.2, 0.25) is 5.69 Å². The minimum atomic E-state index is -1.00. The van der Waals surface area contributed by atoms with Crippen LogP contribution in [0.4, 0.5) is 14.5 Å². The van der Waals surface area contributed by atoms with Crippen LogP contribution in [0.5, 0.6) is 23.0 Å². The van der Waals surface area contributed by atoms with Gasteiger partial charge in [-0.2, -0.15) is 9.78 Å². The number of carbonyl (C=O) groups is 1. The third-order valence-electron chi connectivity index (χ3n) is 8.16. The Morgan fingerprint density at radius 1 is 0.939 bits per heavy atom. The normalized spacial score (nSPS) is 13.3. The fraction of sp³-hybridized carbons (Fsp3) is 0.286. The summed E-state index contributed by atoms with van der Waals surface area (Å²) in [5.74, 6) is -1.27. The molecule has 3 heterocycles. The molecule has 0 atom stereocenters. The molecule has 1 aliphatic rings. The molecule has 1 amide bonds. The highest BCUT2D eigenvalue weighted by Gasteiger charge is 2.20. The number of likely N-dealkylation sites (tertiary alicyclic amines) is 1. The van der Waals surface area contributed by atoms with Crippen molar-refractivity contribution >= 4 is 22.5 Å². The highest BCUT2D eigenvalue weighted by Crippen LogP contribution is 2.38. The Hall–Kier alpha value is -5.63. The summed E-state index contributed by atoms with van der Waals surface area (Å²) in [6, 6.07) is 13.7. The van der Waals surface area contributed by atoms with E-state index >= 15 is 4.39 Å². The van der Waals surface area contributed by atoms with Gasteiger partial charge in [-0.15, -0.1) is 0 Å². The quantitative estimate of drug-likeness (QED) is 0.191. The Balaban J connectivity index is 1.17. The molecule has 1 fully saturated rings. The van der Waals surface area contributed by atoms with Gasteiger partial charge in [0.1, 0.15) is 11.6 Å². The van der Waals surface area contributed by atoms with Crippen molar-refractivity contribution in [2.45, 2.75) is 25.7 Å². The number of halogens is 2. The van der Waals surface area contributed by atoms with Crippen molar-refractivity contribution in [2.75, 3.05) is 38.7 Å². The Labute approximate surface area is 279 Å². The largest absolute Gasteiger partial charge is 0.493 e. The molecule has 2 aromatic heterocycles. The number of hydrogen-bond donors (Lipinski definition) is 1. The number of benzene rings is 3. The van der Waals surface area contributed by atoms with Crippen molar-refractivity contribution in [1.82, 2.24) is 24.2 Å². The van der Waals surface area contributed by atoms with E-state index in [1.807, 2.05) is 0 Å². The Morgan fingerprint density at radius 3 is 2.51 bits per heavy atom. The number of carbonyl (C=O) groups excluding carboxylic acids is 1. The number of piperidine rings is 1. The molecule has 5 aromatic rings. The fourth-order valence-corrected chi connectivity index (χ4v) is 5.61. The first-order valence-electron chi connectivity index (χ1n) is 15.8. The maximum atomic E-state index is 15.3. The highest BCUT2D eigenvalue weighted by molar-refractivity contribution is 6.02. The molecule has 0 spiro atoms. The van der Waals surface area contributed by atoms with Crippen LogP contribution in [-0.4, -0.2) is 63.5 Å². The number of aromatic nitrogens is 4. The van der Waals surface area contributed by atoms with Gasteiger partial charge in [-0.3, -0.25) is 19.1 Å². The Morgan fingerprint density at radius 2 is 1.76 bits per heavy atom. The van der Waals surface area contributed by atoms with Crippen molar-refractivity contribution < 1.29 is 27.8 Å². The molecule has 1 saturated heterocycles. The first kappa shape index (κ1) is 33.3. The fourth-order valence-electron chi connectivity index (χ4n) is 5.61. The van der Waals surface area contributed by atoms with Crippen LogP contribution in [0.3, 0.4) is 0 Å². The predicted molar refractivity (Wildman–Crippen MR) is 178 cm³/mol. The second-order valence-electron chi connectivity index (χ2n) is 11.5. The highest BCUT2D eigenvalue weighted by atomic mass is 19.1. The average molecular weight is 673 g/mol. The molecule has 14 heteroatoms. The number of fused-ring (bicyclic) bond motifs is 1. The van der Waals surface area contributed by atoms with E-state index in [1.54, 1.807) is 18.2 Å². The van der Waals surface area contributed by atoms with Gasteiger partial charge in [0.15, 0.2) is 23.1 Å². The summed E-state index contributed by atoms with van der Waals surface area (Å²) in [5, 5.41) is 6.85. The molecule has 1 aliphatic heterocycles. The Kier molecular flexibility index (Phi) is 9.95. The van der Waals surface area contributed by atoms with Crippen LogP contribution < -0.4 is 30.8 Å². The summed E-state index contributed by atoms with van der Waals surface area (Å²) >= 11 is 0. The van der Waals surface area contributed by atoms with E-state index in [0.29, 0.717) is 39.3 Å². The summed E-state index contributed by atoms with van der Waals surface area (Å²) in [4.78, 5) is 45.3. The molecule has 3 aromatic carbocycles. The molecular formula is C35H34F2N6O6. The third kappa shape index (κ3) is 7.44. The smallest absolute Gasteiger partial charge is 0.351 e. The van der Waals surface area contributed by atoms with E-state index in [0.717, 1.165) is 49.9 Å². The van der Waals surface area contributed by atoms with Gasteiger partial charge < -0.3 is 24.4 Å². The minimum Gasteiger partial charge on any atom is -0.493 e. The lowest BCUT2D eigenvalue weighted by Crippen LogP contribution is -2.43. The van der Waals surface area contributed by atoms with Crippen LogP contribution >= 0.6 is 0 Å². The summed E-state index contributed by atoms with van der Waals surface area (Å²) in [5.41, 5.74) is -1.97. The first-order valence-corrected chi connectivity index (χ1v) is 15.8. The second kappa shape index (κ2) is 14.6. The minimum absolute atomic E-state index is 0.00876. The number of pyridine rings is 1. The lowest BCUT2D eigenvalue weighted by Gasteiger charge is -2.26. The Bertz CT molecular complexity index is 2130. The van der Waals surface area contributed by atoms with E-state index in [-0.39, 0.29) is 17.1 Å². The number of anilines is 1. The van der Waals surface area contributed by atoms with Crippen LogP contribution in [0.15, 0.2) is 76.4 Å². The maximum Gasteiger partial charge on any atom is 0.351 e. The first-order chi connectivity index (χ1) is 23.7. The summed E-state index contributed by atoms with van der Waals surface area (Å²) in [6.07, 6.45) is 6.18. The molecule has 49 heavy (non-hydrogen) atoms. The van der Waals surface area contributed by atoms with Gasteiger partial charge in [0.05, 0.1) is 24.9 Å². The van der Waals surface area contributed by atoms with Crippen molar-refractivity contribution in [3.8, 4) is 28.7 Å². The van der Waals surface area contributed by atoms with Crippen LogP contribution in [0, 0.1) is 11.6 Å². The maximum absolute atomic E-state index is 15.3. The van der Waals surface area contributed by atoms with Crippen molar-refractivity contribution in [3.05, 3.63) is 105 Å². The van der Waals surface area contributed by atoms with Gasteiger partial charge in [-0.1, -0.05) is 12.5 Å². The third-order valence-corrected chi connectivity index (χ3v) is 8.16. The van der Waals surface area contributed by atoms with Crippen LogP contribution in [0.2, 0.25) is 0 Å². The molecule has 0 saturated carbocycles. The van der Waals surface area contributed by atoms with Gasteiger partial charge in [0.25, 0.3) is 11.5 Å². The zero-order valence-corrected chi connectivity index (χ0v) is 26.9. The number of ether oxygens (including phenoxy) is 3. The van der Waals surface area contributed by atoms with Gasteiger partial charge in [0, 0.05) is 43.0 Å². The van der Waals surface area contributed by atoms with Crippen molar-refractivity contribution in [1.29, 1.82) is 0 Å². The average Bonchev–Trinajstić information content (AvgIpc) is 3.10. The van der Waals surface area contributed by atoms with Crippen molar-refractivity contribution in [3.63, 3.8) is 0 Å². The molecule has 0 bridgehead atoms. The number of nitrogens with one attached hydrogen (secondary N) is 1. The molecule has 12 nitrogen and oxygen atoms in total. The second-order valence-corrected chi connectivity index (χ2v) is 11.5. The molecule has 6 rings (SSSR count). The van der Waals surface area contributed by atoms with E-state index < -0.39 is 34.5 Å². The van der Waals surface area contributed by atoms with Crippen LogP contribution in [0.25, 0.3) is 16.6 Å². The molecule has 0 aliphatic carbocycles. The van der Waals surface area contributed by atoms with Crippen LogP contribution in [0.1, 0.15) is 36.2 Å². The van der Waals surface area contributed by atoms with Crippen LogP contribution in [-0.2, 0) is 7.05 Å². The number of hydrogen-bond acceptors (Lipinski definition) is 9. The topological polar surface area (TPSA) is 130 Å². The van der Waals surface area contributed by atoms with E-state index in [2.05, 4.69) is 20.3 Å². The van der Waals surface area contributed by atoms with Crippen molar-refractivity contribution in [2.24, 2.45) is 7.05 Å². The van der Waals surface area contributed by atoms with E-state index in [4.69, 9.17) is 14.2 Å². The summed E-state index contributed by atoms with van der Waals surface area (Å²) in [6.45, 7) is 3.74.